The highest BCUT2D eigenvalue weighted by atomic mass is 16.7. The number of fused-ring (bicyclic) bond motifs is 2. The zero-order valence-corrected chi connectivity index (χ0v) is 11.4. The van der Waals surface area contributed by atoms with E-state index in [0.29, 0.717) is 6.04 Å². The zero-order chi connectivity index (χ0) is 13.4. The maximum atomic E-state index is 5.43. The molecule has 5 nitrogen and oxygen atoms in total. The van der Waals surface area contributed by atoms with Gasteiger partial charge in [-0.3, -0.25) is 0 Å². The molecule has 1 unspecified atom stereocenters. The third-order valence-electron chi connectivity index (χ3n) is 3.43. The summed E-state index contributed by atoms with van der Waals surface area (Å²) in [4.78, 5) is 0. The summed E-state index contributed by atoms with van der Waals surface area (Å²) < 4.78 is 10.8. The van der Waals surface area contributed by atoms with E-state index >= 15 is 0 Å². The Labute approximate surface area is 112 Å². The smallest absolute Gasteiger partial charge is 0.231 e. The van der Waals surface area contributed by atoms with E-state index in [1.807, 2.05) is 20.0 Å². The Balaban J connectivity index is 2.16. The summed E-state index contributed by atoms with van der Waals surface area (Å²) in [6.45, 7) is 4.57. The predicted molar refractivity (Wildman–Crippen MR) is 77.2 cm³/mol. The molecule has 2 heterocycles. The molecule has 1 aromatic heterocycles. The Morgan fingerprint density at radius 1 is 1.32 bits per heavy atom. The summed E-state index contributed by atoms with van der Waals surface area (Å²) in [5.74, 6) is 1.51. The second-order valence-electron chi connectivity index (χ2n) is 4.84. The summed E-state index contributed by atoms with van der Waals surface area (Å²) in [7, 11) is 1.96. The molecule has 19 heavy (non-hydrogen) atoms. The Hall–Kier alpha value is -1.98. The van der Waals surface area contributed by atoms with E-state index in [-0.39, 0.29) is 6.79 Å². The fourth-order valence-electron chi connectivity index (χ4n) is 2.12. The second kappa shape index (κ2) is 4.61. The number of nitrogens with one attached hydrogen (secondary N) is 1. The third kappa shape index (κ3) is 2.07. The van der Waals surface area contributed by atoms with Crippen LogP contribution in [-0.4, -0.2) is 30.9 Å². The molecule has 2 aromatic rings. The van der Waals surface area contributed by atoms with Crippen molar-refractivity contribution in [2.75, 3.05) is 12.1 Å². The van der Waals surface area contributed by atoms with Crippen LogP contribution in [0.25, 0.3) is 10.9 Å². The number of rotatable bonds is 3. The van der Waals surface area contributed by atoms with Gasteiger partial charge in [-0.25, -0.2) is 0 Å². The number of aromatic nitrogens is 2. The molecule has 0 aliphatic carbocycles. The van der Waals surface area contributed by atoms with Crippen LogP contribution in [0.2, 0.25) is 0 Å². The number of hydrogen-bond donors (Lipinski definition) is 1. The Bertz CT molecular complexity index is 633. The van der Waals surface area contributed by atoms with E-state index < -0.39 is 0 Å². The van der Waals surface area contributed by atoms with Gasteiger partial charge >= 0.3 is 0 Å². The number of nitrogens with zero attached hydrogens (tertiary/aromatic N) is 2. The van der Waals surface area contributed by atoms with Gasteiger partial charge in [0, 0.05) is 23.1 Å². The Kier molecular flexibility index (Phi) is 2.93. The number of hydrogen-bond acceptors (Lipinski definition) is 5. The molecular weight excluding hydrogens is 241 g/mol. The summed E-state index contributed by atoms with van der Waals surface area (Å²) >= 11 is 0. The van der Waals surface area contributed by atoms with Crippen molar-refractivity contribution in [1.82, 2.24) is 10.2 Å². The van der Waals surface area contributed by atoms with Gasteiger partial charge in [-0.2, -0.15) is 10.2 Å². The Morgan fingerprint density at radius 3 is 2.79 bits per heavy atom. The average molecular weight is 257 g/mol. The van der Waals surface area contributed by atoms with Crippen LogP contribution in [0, 0.1) is 0 Å². The van der Waals surface area contributed by atoms with Gasteiger partial charge in [0.15, 0.2) is 19.3 Å². The molecule has 0 radical (unpaired) electrons. The molecule has 1 aliphatic heterocycles. The van der Waals surface area contributed by atoms with E-state index in [1.54, 1.807) is 0 Å². The molecule has 1 N–H and O–H groups in total. The molecule has 0 bridgehead atoms. The van der Waals surface area contributed by atoms with Crippen LogP contribution in [0.5, 0.6) is 11.5 Å². The van der Waals surface area contributed by atoms with Crippen molar-refractivity contribution in [2.24, 2.45) is 0 Å². The lowest BCUT2D eigenvalue weighted by Crippen LogP contribution is -2.23. The highest BCUT2D eigenvalue weighted by Crippen LogP contribution is 2.37. The molecule has 1 aliphatic rings. The van der Waals surface area contributed by atoms with Gasteiger partial charge in [0.1, 0.15) is 0 Å². The molecule has 6 heteroatoms. The average Bonchev–Trinajstić information content (AvgIpc) is 2.87. The fourth-order valence-corrected chi connectivity index (χ4v) is 2.12. The molecule has 0 fully saturated rings. The lowest BCUT2D eigenvalue weighted by atomic mass is 9.98. The minimum absolute atomic E-state index is 0.270. The van der Waals surface area contributed by atoms with Crippen LogP contribution < -0.4 is 20.4 Å². The van der Waals surface area contributed by atoms with Gasteiger partial charge in [-0.05, 0) is 19.4 Å². The van der Waals surface area contributed by atoms with Crippen LogP contribution in [-0.2, 0) is 0 Å². The molecule has 1 atom stereocenters. The van der Waals surface area contributed by atoms with Gasteiger partial charge in [0.05, 0.1) is 11.2 Å². The van der Waals surface area contributed by atoms with Crippen molar-refractivity contribution in [3.63, 3.8) is 0 Å². The third-order valence-corrected chi connectivity index (χ3v) is 3.43. The lowest BCUT2D eigenvalue weighted by Gasteiger charge is -2.16. The first-order valence-electron chi connectivity index (χ1n) is 6.52. The molecule has 3 rings (SSSR count). The van der Waals surface area contributed by atoms with Crippen molar-refractivity contribution in [3.05, 3.63) is 12.1 Å². The number of ether oxygens (including phenoxy) is 2. The lowest BCUT2D eigenvalue weighted by molar-refractivity contribution is 0.174. The van der Waals surface area contributed by atoms with Crippen LogP contribution in [0.1, 0.15) is 20.3 Å². The van der Waals surface area contributed by atoms with E-state index in [4.69, 9.17) is 9.47 Å². The van der Waals surface area contributed by atoms with Crippen molar-refractivity contribution in [1.29, 1.82) is 0 Å². The van der Waals surface area contributed by atoms with Gasteiger partial charge < -0.3 is 14.8 Å². The fraction of sp³-hybridized carbons (Fsp3) is 0.385. The predicted octanol–water partition coefficient (Wildman–Crippen LogP) is 0.827. The Morgan fingerprint density at radius 2 is 2.05 bits per heavy atom. The van der Waals surface area contributed by atoms with Crippen molar-refractivity contribution < 1.29 is 9.47 Å². The SMILES string of the molecule is Bc1nnc2cc3c(cc2c1NC(C)CC)OCO3. The minimum Gasteiger partial charge on any atom is -0.454 e. The summed E-state index contributed by atoms with van der Waals surface area (Å²) in [6, 6.07) is 4.24. The maximum absolute atomic E-state index is 5.43. The van der Waals surface area contributed by atoms with Crippen molar-refractivity contribution in [3.8, 4) is 11.5 Å². The van der Waals surface area contributed by atoms with Crippen molar-refractivity contribution >= 4 is 30.0 Å². The normalized spacial score (nSPS) is 14.6. The molecule has 0 saturated heterocycles. The standard InChI is InChI=1S/C13H16BN3O2/c1-3-7(2)15-12-8-4-10-11(19-6-18-10)5-9(8)16-17-13(12)14/h4-5,7H,3,6,14H2,1-2H3,(H,15,16). The zero-order valence-electron chi connectivity index (χ0n) is 11.4. The summed E-state index contributed by atoms with van der Waals surface area (Å²) in [5, 5.41) is 13.0. The number of anilines is 1. The van der Waals surface area contributed by atoms with Gasteiger partial charge in [-0.1, -0.05) is 6.92 Å². The highest BCUT2D eigenvalue weighted by molar-refractivity contribution is 6.35. The quantitative estimate of drug-likeness (QED) is 0.825. The largest absolute Gasteiger partial charge is 0.454 e. The van der Waals surface area contributed by atoms with E-state index in [9.17, 15) is 0 Å². The first-order valence-corrected chi connectivity index (χ1v) is 6.52. The minimum atomic E-state index is 0.270. The molecule has 98 valence electrons. The molecule has 0 spiro atoms. The van der Waals surface area contributed by atoms with Crippen LogP contribution in [0.3, 0.4) is 0 Å². The van der Waals surface area contributed by atoms with Crippen LogP contribution >= 0.6 is 0 Å². The summed E-state index contributed by atoms with van der Waals surface area (Å²) in [5.41, 5.74) is 2.74. The first kappa shape index (κ1) is 12.1. The molecule has 0 saturated carbocycles. The van der Waals surface area contributed by atoms with Crippen molar-refractivity contribution in [2.45, 2.75) is 26.3 Å². The van der Waals surface area contributed by atoms with Crippen LogP contribution in [0.15, 0.2) is 12.1 Å². The summed E-state index contributed by atoms with van der Waals surface area (Å²) in [6.07, 6.45) is 1.05. The van der Waals surface area contributed by atoms with Crippen LogP contribution in [0.4, 0.5) is 5.69 Å². The van der Waals surface area contributed by atoms with Gasteiger partial charge in [0.2, 0.25) is 6.79 Å². The highest BCUT2D eigenvalue weighted by Gasteiger charge is 2.18. The van der Waals surface area contributed by atoms with E-state index in [2.05, 4.69) is 29.4 Å². The topological polar surface area (TPSA) is 56.3 Å². The van der Waals surface area contributed by atoms with E-state index in [0.717, 1.165) is 40.1 Å². The maximum Gasteiger partial charge on any atom is 0.231 e. The molecular formula is C13H16BN3O2. The monoisotopic (exact) mass is 257 g/mol. The second-order valence-corrected chi connectivity index (χ2v) is 4.84. The van der Waals surface area contributed by atoms with E-state index in [1.165, 1.54) is 0 Å². The number of benzene rings is 1. The molecule has 1 aromatic carbocycles. The van der Waals surface area contributed by atoms with Gasteiger partial charge in [0.25, 0.3) is 0 Å². The first-order chi connectivity index (χ1) is 9.19. The van der Waals surface area contributed by atoms with Gasteiger partial charge in [-0.15, -0.1) is 0 Å². The molecule has 0 amide bonds.